The number of methoxy groups -OCH3 is 1. The van der Waals surface area contributed by atoms with E-state index in [9.17, 15) is 19.3 Å². The van der Waals surface area contributed by atoms with Gasteiger partial charge in [0, 0.05) is 36.7 Å². The first kappa shape index (κ1) is 24.6. The Hall–Kier alpha value is -4.49. The molecule has 0 radical (unpaired) electrons. The third-order valence-electron chi connectivity index (χ3n) is 5.40. The van der Waals surface area contributed by atoms with Crippen molar-refractivity contribution in [2.24, 2.45) is 0 Å². The number of carboxylic acid groups (broad SMARTS) is 1. The number of nitro benzene ring substituents is 1. The van der Waals surface area contributed by atoms with E-state index in [1.165, 1.54) is 30.6 Å². The highest BCUT2D eigenvalue weighted by Gasteiger charge is 2.20. The molecule has 0 fully saturated rings. The maximum absolute atomic E-state index is 14.6. The van der Waals surface area contributed by atoms with Gasteiger partial charge in [-0.15, -0.1) is 0 Å². The van der Waals surface area contributed by atoms with Crippen molar-refractivity contribution in [3.63, 3.8) is 0 Å². The molecule has 0 saturated heterocycles. The summed E-state index contributed by atoms with van der Waals surface area (Å²) in [6, 6.07) is 16.5. The van der Waals surface area contributed by atoms with Gasteiger partial charge in [0.2, 0.25) is 0 Å². The predicted molar refractivity (Wildman–Crippen MR) is 135 cm³/mol. The lowest BCUT2D eigenvalue weighted by Gasteiger charge is -2.22. The largest absolute Gasteiger partial charge is 0.497 e. The van der Waals surface area contributed by atoms with Crippen LogP contribution in [-0.4, -0.2) is 34.6 Å². The smallest absolute Gasteiger partial charge is 0.382 e. The van der Waals surface area contributed by atoms with E-state index in [-0.39, 0.29) is 11.5 Å². The summed E-state index contributed by atoms with van der Waals surface area (Å²) in [6.45, 7) is 0.801. The highest BCUT2D eigenvalue weighted by molar-refractivity contribution is 7.22. The first-order valence-corrected chi connectivity index (χ1v) is 11.6. The van der Waals surface area contributed by atoms with Gasteiger partial charge in [-0.05, 0) is 41.8 Å². The number of aliphatic carboxylic acids is 1. The van der Waals surface area contributed by atoms with Crippen molar-refractivity contribution in [3.05, 3.63) is 93.3 Å². The number of hydrogen-bond acceptors (Lipinski definition) is 7. The third-order valence-corrected chi connectivity index (χ3v) is 6.56. The van der Waals surface area contributed by atoms with Gasteiger partial charge in [0.05, 0.1) is 17.5 Å². The van der Waals surface area contributed by atoms with Gasteiger partial charge in [0.25, 0.3) is 5.69 Å². The minimum Gasteiger partial charge on any atom is -0.497 e. The normalized spacial score (nSPS) is 10.5. The first-order valence-electron chi connectivity index (χ1n) is 10.8. The molecule has 10 heteroatoms. The van der Waals surface area contributed by atoms with Crippen molar-refractivity contribution in [1.29, 1.82) is 0 Å². The number of halogens is 1. The van der Waals surface area contributed by atoms with Crippen LogP contribution in [0.2, 0.25) is 0 Å². The second-order valence-corrected chi connectivity index (χ2v) is 8.74. The third kappa shape index (κ3) is 5.76. The molecule has 3 aromatic carbocycles. The average Bonchev–Trinajstić information content (AvgIpc) is 3.30. The molecule has 0 bridgehead atoms. The number of benzene rings is 3. The van der Waals surface area contributed by atoms with E-state index in [2.05, 4.69) is 16.8 Å². The van der Waals surface area contributed by atoms with E-state index in [4.69, 9.17) is 9.84 Å². The van der Waals surface area contributed by atoms with E-state index in [1.54, 1.807) is 36.4 Å². The maximum atomic E-state index is 14.6. The molecule has 0 aliphatic heterocycles. The average molecular weight is 506 g/mol. The lowest BCUT2D eigenvalue weighted by molar-refractivity contribution is -0.382. The second kappa shape index (κ2) is 10.8. The number of thiazole rings is 1. The Kier molecular flexibility index (Phi) is 7.42. The zero-order chi connectivity index (χ0) is 25.7. The summed E-state index contributed by atoms with van der Waals surface area (Å²) in [5.41, 5.74) is 2.46. The fourth-order valence-corrected chi connectivity index (χ4v) is 4.67. The molecule has 0 unspecified atom stereocenters. The van der Waals surface area contributed by atoms with Crippen molar-refractivity contribution < 1.29 is 24.0 Å². The zero-order valence-electron chi connectivity index (χ0n) is 19.1. The number of fused-ring (bicyclic) bond motifs is 1. The highest BCUT2D eigenvalue weighted by atomic mass is 32.1. The van der Waals surface area contributed by atoms with Crippen LogP contribution in [0.4, 0.5) is 15.2 Å². The molecule has 1 aromatic heterocycles. The van der Waals surface area contributed by atoms with Gasteiger partial charge >= 0.3 is 5.97 Å². The Morgan fingerprint density at radius 3 is 2.67 bits per heavy atom. The van der Waals surface area contributed by atoms with Crippen LogP contribution in [0.1, 0.15) is 16.7 Å². The summed E-state index contributed by atoms with van der Waals surface area (Å²) < 4.78 is 20.1. The lowest BCUT2D eigenvalue weighted by atomic mass is 10.1. The Balaban J connectivity index is 1.64. The van der Waals surface area contributed by atoms with E-state index < -0.39 is 10.9 Å². The lowest BCUT2D eigenvalue weighted by Crippen LogP contribution is -2.25. The van der Waals surface area contributed by atoms with Gasteiger partial charge in [0.15, 0.2) is 5.13 Å². The Labute approximate surface area is 209 Å². The monoisotopic (exact) mass is 505 g/mol. The number of aromatic nitrogens is 1. The van der Waals surface area contributed by atoms with Crippen LogP contribution in [0.3, 0.4) is 0 Å². The summed E-state index contributed by atoms with van der Waals surface area (Å²) in [5, 5.41) is 20.8. The van der Waals surface area contributed by atoms with Crippen molar-refractivity contribution in [3.8, 4) is 17.6 Å². The van der Waals surface area contributed by atoms with E-state index >= 15 is 0 Å². The van der Waals surface area contributed by atoms with Crippen LogP contribution in [0.5, 0.6) is 5.75 Å². The summed E-state index contributed by atoms with van der Waals surface area (Å²) in [5.74, 6) is 3.48. The highest BCUT2D eigenvalue weighted by Crippen LogP contribution is 2.35. The van der Waals surface area contributed by atoms with Crippen LogP contribution >= 0.6 is 11.3 Å². The van der Waals surface area contributed by atoms with Crippen LogP contribution < -0.4 is 9.64 Å². The first-order chi connectivity index (χ1) is 17.3. The van der Waals surface area contributed by atoms with E-state index in [1.807, 2.05) is 17.0 Å². The van der Waals surface area contributed by atoms with Gasteiger partial charge in [-0.1, -0.05) is 41.5 Å². The molecule has 0 atom stereocenters. The van der Waals surface area contributed by atoms with E-state index in [0.29, 0.717) is 51.7 Å². The van der Waals surface area contributed by atoms with Gasteiger partial charge in [0.1, 0.15) is 16.3 Å². The Morgan fingerprint density at radius 2 is 2.00 bits per heavy atom. The van der Waals surface area contributed by atoms with Gasteiger partial charge in [-0.3, -0.25) is 10.1 Å². The number of carboxylic acids is 1. The standard InChI is InChI=1S/C26H20FN3O5S/c1-35-20-11-10-19(21(27)15-20)13-14-29(16-18-7-5-17(6-8-18)9-12-24(31)32)26-28-22-3-2-4-23(30(33)34)25(22)36-26/h2-8,10-11,15H,13-14,16H2,1H3,(H,31,32). The quantitative estimate of drug-likeness (QED) is 0.203. The van der Waals surface area contributed by atoms with Crippen molar-refractivity contribution in [2.45, 2.75) is 13.0 Å². The van der Waals surface area contributed by atoms with Crippen LogP contribution in [-0.2, 0) is 17.8 Å². The van der Waals surface area contributed by atoms with Crippen LogP contribution in [0.25, 0.3) is 10.2 Å². The number of hydrogen-bond donors (Lipinski definition) is 1. The fourth-order valence-electron chi connectivity index (χ4n) is 3.60. The van der Waals surface area contributed by atoms with Gasteiger partial charge in [-0.2, -0.15) is 0 Å². The van der Waals surface area contributed by atoms with Crippen molar-refractivity contribution >= 4 is 38.3 Å². The number of rotatable bonds is 8. The second-order valence-electron chi connectivity index (χ2n) is 7.76. The maximum Gasteiger partial charge on any atom is 0.382 e. The summed E-state index contributed by atoms with van der Waals surface area (Å²) in [7, 11) is 1.47. The molecule has 0 aliphatic rings. The summed E-state index contributed by atoms with van der Waals surface area (Å²) in [4.78, 5) is 28.3. The molecule has 182 valence electrons. The number of anilines is 1. The number of carbonyl (C=O) groups is 1. The fraction of sp³-hybridized carbons (Fsp3) is 0.154. The zero-order valence-corrected chi connectivity index (χ0v) is 19.9. The van der Waals surface area contributed by atoms with Crippen molar-refractivity contribution in [1.82, 2.24) is 4.98 Å². The van der Waals surface area contributed by atoms with Crippen LogP contribution in [0.15, 0.2) is 60.7 Å². The molecule has 4 aromatic rings. The molecular weight excluding hydrogens is 485 g/mol. The minimum absolute atomic E-state index is 0.0150. The molecule has 0 spiro atoms. The molecule has 8 nitrogen and oxygen atoms in total. The SMILES string of the molecule is COc1ccc(CCN(Cc2ccc(C#CC(=O)O)cc2)c2nc3cccc([N+](=O)[O-])c3s2)c(F)c1. The Bertz CT molecular complexity index is 1490. The van der Waals surface area contributed by atoms with Crippen molar-refractivity contribution in [2.75, 3.05) is 18.6 Å². The predicted octanol–water partition coefficient (Wildman–Crippen LogP) is 5.04. The number of ether oxygens (including phenoxy) is 1. The summed E-state index contributed by atoms with van der Waals surface area (Å²) in [6.07, 6.45) is 0.371. The molecule has 1 heterocycles. The topological polar surface area (TPSA) is 106 Å². The summed E-state index contributed by atoms with van der Waals surface area (Å²) >= 11 is 1.21. The molecular formula is C26H20FN3O5S. The number of non-ortho nitro benzene ring substituents is 1. The number of nitro groups is 1. The number of nitrogens with zero attached hydrogens (tertiary/aromatic N) is 3. The molecule has 0 aliphatic carbocycles. The molecule has 36 heavy (non-hydrogen) atoms. The van der Waals surface area contributed by atoms with Gasteiger partial charge < -0.3 is 14.7 Å². The molecule has 0 amide bonds. The van der Waals surface area contributed by atoms with Gasteiger partial charge in [-0.25, -0.2) is 14.2 Å². The molecule has 1 N–H and O–H groups in total. The van der Waals surface area contributed by atoms with Crippen LogP contribution in [0, 0.1) is 27.8 Å². The minimum atomic E-state index is -1.21. The van der Waals surface area contributed by atoms with E-state index in [0.717, 1.165) is 5.56 Å². The molecule has 0 saturated carbocycles. The molecule has 4 rings (SSSR count). The Morgan fingerprint density at radius 1 is 1.22 bits per heavy atom.